The highest BCUT2D eigenvalue weighted by Crippen LogP contribution is 2.27. The minimum Gasteiger partial charge on any atom is -0.459 e. The molecule has 1 aromatic heterocycles. The van der Waals surface area contributed by atoms with Crippen molar-refractivity contribution in [1.82, 2.24) is 4.90 Å². The Morgan fingerprint density at radius 3 is 3.00 bits per heavy atom. The fraction of sp³-hybridized carbons (Fsp3) is 0.583. The molecule has 0 spiro atoms. The fourth-order valence-electron chi connectivity index (χ4n) is 2.22. The van der Waals surface area contributed by atoms with E-state index in [0.717, 1.165) is 18.5 Å². The number of halogens is 1. The lowest BCUT2D eigenvalue weighted by molar-refractivity contribution is 0.0703. The molecule has 2 atom stereocenters. The van der Waals surface area contributed by atoms with Crippen molar-refractivity contribution in [2.75, 3.05) is 12.4 Å². The first-order valence-corrected chi connectivity index (χ1v) is 6.09. The van der Waals surface area contributed by atoms with Crippen molar-refractivity contribution in [2.24, 2.45) is 5.92 Å². The summed E-state index contributed by atoms with van der Waals surface area (Å²) in [5.41, 5.74) is 0.887. The van der Waals surface area contributed by atoms with Crippen molar-refractivity contribution in [1.29, 1.82) is 0 Å². The fourth-order valence-corrected chi connectivity index (χ4v) is 2.69. The van der Waals surface area contributed by atoms with Gasteiger partial charge in [0.1, 0.15) is 0 Å². The van der Waals surface area contributed by atoms with Gasteiger partial charge in [-0.1, -0.05) is 6.92 Å². The van der Waals surface area contributed by atoms with Gasteiger partial charge in [0, 0.05) is 24.0 Å². The summed E-state index contributed by atoms with van der Waals surface area (Å²) in [5, 5.41) is 0. The van der Waals surface area contributed by atoms with E-state index in [4.69, 9.17) is 16.0 Å². The van der Waals surface area contributed by atoms with E-state index in [1.165, 1.54) is 0 Å². The number of hydrogen-bond acceptors (Lipinski definition) is 2. The van der Waals surface area contributed by atoms with E-state index < -0.39 is 0 Å². The van der Waals surface area contributed by atoms with Crippen LogP contribution in [0.4, 0.5) is 0 Å². The molecule has 2 unspecified atom stereocenters. The van der Waals surface area contributed by atoms with Crippen LogP contribution in [0.3, 0.4) is 0 Å². The summed E-state index contributed by atoms with van der Waals surface area (Å²) >= 11 is 5.92. The van der Waals surface area contributed by atoms with E-state index in [1.54, 1.807) is 6.26 Å². The number of carbonyl (C=O) groups excluding carboxylic acids is 1. The third kappa shape index (κ3) is 1.84. The van der Waals surface area contributed by atoms with Crippen molar-refractivity contribution in [3.05, 3.63) is 23.7 Å². The molecule has 2 heterocycles. The number of rotatable bonds is 2. The number of aryl methyl sites for hydroxylation is 1. The first kappa shape index (κ1) is 11.5. The second-order valence-electron chi connectivity index (χ2n) is 4.42. The van der Waals surface area contributed by atoms with Gasteiger partial charge in [-0.15, -0.1) is 11.6 Å². The third-order valence-electron chi connectivity index (χ3n) is 3.36. The highest BCUT2D eigenvalue weighted by atomic mass is 35.5. The van der Waals surface area contributed by atoms with Gasteiger partial charge in [-0.2, -0.15) is 0 Å². The maximum absolute atomic E-state index is 12.2. The number of alkyl halides is 1. The maximum Gasteiger partial charge on any atom is 0.290 e. The van der Waals surface area contributed by atoms with Crippen LogP contribution >= 0.6 is 11.6 Å². The van der Waals surface area contributed by atoms with Crippen LogP contribution in [0.1, 0.15) is 29.5 Å². The van der Waals surface area contributed by atoms with E-state index in [9.17, 15) is 4.79 Å². The molecule has 1 saturated heterocycles. The number of carbonyl (C=O) groups is 1. The molecule has 88 valence electrons. The largest absolute Gasteiger partial charge is 0.459 e. The smallest absolute Gasteiger partial charge is 0.290 e. The minimum atomic E-state index is -0.0301. The average molecular weight is 242 g/mol. The molecule has 1 aliphatic rings. The van der Waals surface area contributed by atoms with Crippen LogP contribution < -0.4 is 0 Å². The molecule has 0 N–H and O–H groups in total. The van der Waals surface area contributed by atoms with Gasteiger partial charge in [-0.3, -0.25) is 4.79 Å². The number of nitrogens with zero attached hydrogens (tertiary/aromatic N) is 1. The molecule has 4 heteroatoms. The van der Waals surface area contributed by atoms with E-state index in [-0.39, 0.29) is 11.9 Å². The summed E-state index contributed by atoms with van der Waals surface area (Å²) in [7, 11) is 0. The number of hydrogen-bond donors (Lipinski definition) is 0. The van der Waals surface area contributed by atoms with E-state index in [0.29, 0.717) is 17.6 Å². The van der Waals surface area contributed by atoms with Gasteiger partial charge in [0.2, 0.25) is 0 Å². The van der Waals surface area contributed by atoms with Crippen LogP contribution in [0.2, 0.25) is 0 Å². The van der Waals surface area contributed by atoms with Gasteiger partial charge < -0.3 is 9.32 Å². The Kier molecular flexibility index (Phi) is 3.24. The molecule has 1 fully saturated rings. The summed E-state index contributed by atoms with van der Waals surface area (Å²) in [4.78, 5) is 14.1. The molecular formula is C12H16ClNO2. The Labute approximate surface area is 100 Å². The molecule has 3 nitrogen and oxygen atoms in total. The summed E-state index contributed by atoms with van der Waals surface area (Å²) < 4.78 is 5.23. The highest BCUT2D eigenvalue weighted by molar-refractivity contribution is 6.18. The number of furan rings is 1. The molecular weight excluding hydrogens is 226 g/mol. The molecule has 2 rings (SSSR count). The lowest BCUT2D eigenvalue weighted by Gasteiger charge is -2.24. The monoisotopic (exact) mass is 241 g/mol. The number of likely N-dealkylation sites (tertiary alicyclic amines) is 1. The first-order chi connectivity index (χ1) is 7.65. The van der Waals surface area contributed by atoms with Gasteiger partial charge in [0.15, 0.2) is 5.76 Å². The predicted molar refractivity (Wildman–Crippen MR) is 62.8 cm³/mol. The lowest BCUT2D eigenvalue weighted by atomic mass is 10.0. The van der Waals surface area contributed by atoms with Gasteiger partial charge in [-0.05, 0) is 25.3 Å². The molecule has 1 aromatic rings. The van der Waals surface area contributed by atoms with Crippen molar-refractivity contribution >= 4 is 17.5 Å². The first-order valence-electron chi connectivity index (χ1n) is 5.56. The standard InChI is InChI=1S/C12H16ClNO2/c1-8-3-5-14(10(8)7-13)12(15)11-9(2)4-6-16-11/h4,6,8,10H,3,5,7H2,1-2H3. The molecule has 1 aliphatic heterocycles. The molecule has 0 aliphatic carbocycles. The maximum atomic E-state index is 12.2. The molecule has 0 saturated carbocycles. The van der Waals surface area contributed by atoms with Crippen LogP contribution in [0.5, 0.6) is 0 Å². The zero-order chi connectivity index (χ0) is 11.7. The second-order valence-corrected chi connectivity index (χ2v) is 4.73. The van der Waals surface area contributed by atoms with Crippen LogP contribution in [-0.4, -0.2) is 29.3 Å². The topological polar surface area (TPSA) is 33.5 Å². The predicted octanol–water partition coefficient (Wildman–Crippen LogP) is 2.68. The summed E-state index contributed by atoms with van der Waals surface area (Å²) in [6.45, 7) is 4.79. The quantitative estimate of drug-likeness (QED) is 0.746. The summed E-state index contributed by atoms with van der Waals surface area (Å²) in [6.07, 6.45) is 2.57. The van der Waals surface area contributed by atoms with Crippen molar-refractivity contribution in [3.63, 3.8) is 0 Å². The average Bonchev–Trinajstić information content (AvgIpc) is 2.83. The van der Waals surface area contributed by atoms with Gasteiger partial charge >= 0.3 is 0 Å². The Hall–Kier alpha value is -0.960. The molecule has 0 radical (unpaired) electrons. The van der Waals surface area contributed by atoms with Gasteiger partial charge in [-0.25, -0.2) is 0 Å². The molecule has 16 heavy (non-hydrogen) atoms. The van der Waals surface area contributed by atoms with Crippen molar-refractivity contribution in [2.45, 2.75) is 26.3 Å². The van der Waals surface area contributed by atoms with E-state index >= 15 is 0 Å². The van der Waals surface area contributed by atoms with Gasteiger partial charge in [0.25, 0.3) is 5.91 Å². The van der Waals surface area contributed by atoms with Crippen molar-refractivity contribution < 1.29 is 9.21 Å². The zero-order valence-electron chi connectivity index (χ0n) is 9.57. The van der Waals surface area contributed by atoms with E-state index in [1.807, 2.05) is 17.9 Å². The normalized spacial score (nSPS) is 25.1. The van der Waals surface area contributed by atoms with Gasteiger partial charge in [0.05, 0.1) is 6.26 Å². The summed E-state index contributed by atoms with van der Waals surface area (Å²) in [6, 6.07) is 1.95. The Bertz CT molecular complexity index is 388. The van der Waals surface area contributed by atoms with Crippen LogP contribution in [0.25, 0.3) is 0 Å². The number of amides is 1. The Morgan fingerprint density at radius 1 is 1.69 bits per heavy atom. The zero-order valence-corrected chi connectivity index (χ0v) is 10.3. The highest BCUT2D eigenvalue weighted by Gasteiger charge is 2.35. The van der Waals surface area contributed by atoms with E-state index in [2.05, 4.69) is 6.92 Å². The molecule has 1 amide bonds. The molecule has 0 aromatic carbocycles. The Morgan fingerprint density at radius 2 is 2.44 bits per heavy atom. The van der Waals surface area contributed by atoms with Crippen LogP contribution in [0.15, 0.2) is 16.7 Å². The molecule has 0 bridgehead atoms. The SMILES string of the molecule is Cc1ccoc1C(=O)N1CCC(C)C1CCl. The van der Waals surface area contributed by atoms with Crippen LogP contribution in [0, 0.1) is 12.8 Å². The summed E-state index contributed by atoms with van der Waals surface area (Å²) in [5.74, 6) is 1.38. The van der Waals surface area contributed by atoms with Crippen LogP contribution in [-0.2, 0) is 0 Å². The Balaban J connectivity index is 2.20. The third-order valence-corrected chi connectivity index (χ3v) is 3.67. The lowest BCUT2D eigenvalue weighted by Crippen LogP contribution is -2.38. The van der Waals surface area contributed by atoms with Crippen molar-refractivity contribution in [3.8, 4) is 0 Å². The minimum absolute atomic E-state index is 0.0301. The second kappa shape index (κ2) is 4.50.